The predicted molar refractivity (Wildman–Crippen MR) is 88.3 cm³/mol. The average molecular weight is 318 g/mol. The Morgan fingerprint density at radius 2 is 1.81 bits per heavy atom. The molecule has 0 saturated carbocycles. The predicted octanol–water partition coefficient (Wildman–Crippen LogP) is 4.52. The molecule has 0 spiro atoms. The number of rotatable bonds is 1. The molecular weight excluding hydrogens is 301 g/mol. The molecule has 1 aliphatic carbocycles. The van der Waals surface area contributed by atoms with E-state index in [9.17, 15) is 0 Å². The van der Waals surface area contributed by atoms with Gasteiger partial charge in [0.15, 0.2) is 0 Å². The van der Waals surface area contributed by atoms with Gasteiger partial charge in [0.25, 0.3) is 0 Å². The van der Waals surface area contributed by atoms with E-state index in [1.165, 1.54) is 16.7 Å². The maximum absolute atomic E-state index is 6.22. The first kappa shape index (κ1) is 13.6. The van der Waals surface area contributed by atoms with Crippen molar-refractivity contribution in [2.45, 2.75) is 12.3 Å². The number of nitrogens with one attached hydrogen (secondary N) is 1. The van der Waals surface area contributed by atoms with Crippen LogP contribution >= 0.6 is 23.2 Å². The lowest BCUT2D eigenvalue weighted by Crippen LogP contribution is -2.29. The lowest BCUT2D eigenvalue weighted by atomic mass is 9.68. The molecule has 2 aromatic carbocycles. The molecule has 21 heavy (non-hydrogen) atoms. The van der Waals surface area contributed by atoms with Crippen LogP contribution in [0.3, 0.4) is 0 Å². The second-order valence-corrected chi connectivity index (χ2v) is 7.03. The van der Waals surface area contributed by atoms with Gasteiger partial charge in [-0.25, -0.2) is 0 Å². The van der Waals surface area contributed by atoms with Gasteiger partial charge in [0.2, 0.25) is 0 Å². The number of halogens is 2. The zero-order valence-corrected chi connectivity index (χ0v) is 13.2. The van der Waals surface area contributed by atoms with E-state index in [0.29, 0.717) is 17.8 Å². The minimum absolute atomic E-state index is 0.421. The summed E-state index contributed by atoms with van der Waals surface area (Å²) in [6.07, 6.45) is 1.13. The van der Waals surface area contributed by atoms with E-state index in [-0.39, 0.29) is 0 Å². The van der Waals surface area contributed by atoms with Gasteiger partial charge < -0.3 is 5.32 Å². The van der Waals surface area contributed by atoms with Crippen LogP contribution in [0.1, 0.15) is 22.6 Å². The molecule has 2 aromatic rings. The van der Waals surface area contributed by atoms with Gasteiger partial charge in [-0.2, -0.15) is 0 Å². The first-order valence-corrected chi connectivity index (χ1v) is 8.22. The van der Waals surface area contributed by atoms with Crippen LogP contribution in [0.25, 0.3) is 0 Å². The van der Waals surface area contributed by atoms with Crippen molar-refractivity contribution in [3.63, 3.8) is 0 Å². The summed E-state index contributed by atoms with van der Waals surface area (Å²) in [7, 11) is 0. The largest absolute Gasteiger partial charge is 0.316 e. The molecule has 3 heteroatoms. The van der Waals surface area contributed by atoms with Crippen molar-refractivity contribution in [1.29, 1.82) is 0 Å². The fourth-order valence-electron chi connectivity index (χ4n) is 4.06. The molecular formula is C18H17Cl2N. The molecule has 0 radical (unpaired) electrons. The second-order valence-electron chi connectivity index (χ2n) is 6.16. The highest BCUT2D eigenvalue weighted by Crippen LogP contribution is 2.45. The van der Waals surface area contributed by atoms with Gasteiger partial charge in [-0.15, -0.1) is 0 Å². The van der Waals surface area contributed by atoms with Crippen molar-refractivity contribution in [2.75, 3.05) is 13.1 Å². The number of hydrogen-bond acceptors (Lipinski definition) is 1. The third-order valence-corrected chi connectivity index (χ3v) is 5.42. The van der Waals surface area contributed by atoms with E-state index in [4.69, 9.17) is 23.2 Å². The summed E-state index contributed by atoms with van der Waals surface area (Å²) < 4.78 is 0. The van der Waals surface area contributed by atoms with E-state index >= 15 is 0 Å². The van der Waals surface area contributed by atoms with Gasteiger partial charge in [-0.05, 0) is 72.3 Å². The molecule has 4 rings (SSSR count). The number of hydrogen-bond donors (Lipinski definition) is 1. The Morgan fingerprint density at radius 3 is 2.67 bits per heavy atom. The average Bonchev–Trinajstić information content (AvgIpc) is 2.92. The van der Waals surface area contributed by atoms with E-state index < -0.39 is 0 Å². The third-order valence-electron chi connectivity index (χ3n) is 4.95. The fraction of sp³-hybridized carbons (Fsp3) is 0.333. The standard InChI is InChI=1S/C18H17Cl2N/c19-14-3-1-2-11(7-14)18-16-5-4-15(20)8-12(16)6-13-9-21-10-17(13)18/h1-5,7-8,13,17-18,21H,6,9-10H2. The lowest BCUT2D eigenvalue weighted by molar-refractivity contribution is 0.353. The van der Waals surface area contributed by atoms with Gasteiger partial charge in [-0.3, -0.25) is 0 Å². The minimum Gasteiger partial charge on any atom is -0.316 e. The zero-order valence-electron chi connectivity index (χ0n) is 11.7. The Labute approximate surface area is 135 Å². The van der Waals surface area contributed by atoms with E-state index in [1.807, 2.05) is 12.1 Å². The zero-order chi connectivity index (χ0) is 14.4. The highest BCUT2D eigenvalue weighted by molar-refractivity contribution is 6.31. The number of fused-ring (bicyclic) bond motifs is 2. The van der Waals surface area contributed by atoms with Crippen LogP contribution in [-0.2, 0) is 6.42 Å². The molecule has 0 bridgehead atoms. The Kier molecular flexibility index (Phi) is 3.45. The maximum Gasteiger partial charge on any atom is 0.0408 e. The Hall–Kier alpha value is -1.02. The smallest absolute Gasteiger partial charge is 0.0408 e. The monoisotopic (exact) mass is 317 g/mol. The van der Waals surface area contributed by atoms with Crippen LogP contribution in [0.5, 0.6) is 0 Å². The van der Waals surface area contributed by atoms with Gasteiger partial charge >= 0.3 is 0 Å². The molecule has 0 amide bonds. The third kappa shape index (κ3) is 2.38. The summed E-state index contributed by atoms with van der Waals surface area (Å²) in [5.74, 6) is 1.77. The highest BCUT2D eigenvalue weighted by atomic mass is 35.5. The number of benzene rings is 2. The fourth-order valence-corrected chi connectivity index (χ4v) is 4.45. The summed E-state index contributed by atoms with van der Waals surface area (Å²) in [4.78, 5) is 0. The summed E-state index contributed by atoms with van der Waals surface area (Å²) in [6, 6.07) is 14.7. The van der Waals surface area contributed by atoms with E-state index in [2.05, 4.69) is 35.6 Å². The SMILES string of the molecule is Clc1cccc(C2c3ccc(Cl)cc3CC3CNCC32)c1. The minimum atomic E-state index is 0.421. The van der Waals surface area contributed by atoms with Gasteiger partial charge in [0.1, 0.15) is 0 Å². The summed E-state index contributed by atoms with van der Waals surface area (Å²) in [5, 5.41) is 5.21. The second kappa shape index (κ2) is 5.31. The van der Waals surface area contributed by atoms with Crippen molar-refractivity contribution < 1.29 is 0 Å². The normalized spacial score (nSPS) is 27.2. The van der Waals surface area contributed by atoms with Crippen LogP contribution in [0, 0.1) is 11.8 Å². The van der Waals surface area contributed by atoms with Crippen molar-refractivity contribution in [3.05, 3.63) is 69.2 Å². The molecule has 1 fully saturated rings. The molecule has 0 aromatic heterocycles. The Balaban J connectivity index is 1.87. The first-order valence-electron chi connectivity index (χ1n) is 7.47. The van der Waals surface area contributed by atoms with Crippen molar-refractivity contribution in [1.82, 2.24) is 5.32 Å². The molecule has 3 unspecified atom stereocenters. The lowest BCUT2D eigenvalue weighted by Gasteiger charge is -2.36. The summed E-state index contributed by atoms with van der Waals surface area (Å²) >= 11 is 12.4. The van der Waals surface area contributed by atoms with Crippen LogP contribution in [0.4, 0.5) is 0 Å². The summed E-state index contributed by atoms with van der Waals surface area (Å²) in [6.45, 7) is 2.19. The van der Waals surface area contributed by atoms with Crippen molar-refractivity contribution in [2.24, 2.45) is 11.8 Å². The van der Waals surface area contributed by atoms with E-state index in [0.717, 1.165) is 29.6 Å². The van der Waals surface area contributed by atoms with Crippen LogP contribution in [0.15, 0.2) is 42.5 Å². The molecule has 1 N–H and O–H groups in total. The van der Waals surface area contributed by atoms with Crippen molar-refractivity contribution in [3.8, 4) is 0 Å². The molecule has 1 heterocycles. The maximum atomic E-state index is 6.22. The molecule has 1 saturated heterocycles. The van der Waals surface area contributed by atoms with Crippen LogP contribution in [-0.4, -0.2) is 13.1 Å². The Bertz CT molecular complexity index is 683. The molecule has 1 nitrogen and oxygen atoms in total. The topological polar surface area (TPSA) is 12.0 Å². The summed E-state index contributed by atoms with van der Waals surface area (Å²) in [5.41, 5.74) is 4.15. The highest BCUT2D eigenvalue weighted by Gasteiger charge is 2.40. The van der Waals surface area contributed by atoms with Gasteiger partial charge in [0.05, 0.1) is 0 Å². The molecule has 3 atom stereocenters. The quantitative estimate of drug-likeness (QED) is 0.815. The first-order chi connectivity index (χ1) is 10.2. The molecule has 1 aliphatic heterocycles. The van der Waals surface area contributed by atoms with Gasteiger partial charge in [-0.1, -0.05) is 41.4 Å². The molecule has 2 aliphatic rings. The molecule has 108 valence electrons. The van der Waals surface area contributed by atoms with E-state index in [1.54, 1.807) is 0 Å². The van der Waals surface area contributed by atoms with Gasteiger partial charge in [0, 0.05) is 16.0 Å². The Morgan fingerprint density at radius 1 is 0.952 bits per heavy atom. The van der Waals surface area contributed by atoms with Crippen molar-refractivity contribution >= 4 is 23.2 Å². The van der Waals surface area contributed by atoms with Crippen LogP contribution < -0.4 is 5.32 Å². The van der Waals surface area contributed by atoms with Crippen LogP contribution in [0.2, 0.25) is 10.0 Å².